The van der Waals surface area contributed by atoms with Crippen LogP contribution in [0.1, 0.15) is 48.5 Å². The first kappa shape index (κ1) is 26.5. The minimum Gasteiger partial charge on any atom is -0.444 e. The van der Waals surface area contributed by atoms with E-state index in [0.717, 1.165) is 32.1 Å². The summed E-state index contributed by atoms with van der Waals surface area (Å²) in [5, 5.41) is 9.14. The van der Waals surface area contributed by atoms with E-state index in [1.54, 1.807) is 0 Å². The molecule has 0 bridgehead atoms. The van der Waals surface area contributed by atoms with Gasteiger partial charge in [-0.2, -0.15) is 0 Å². The molecule has 3 N–H and O–H groups in total. The average Bonchev–Trinajstić information content (AvgIpc) is 2.45. The van der Waals surface area contributed by atoms with Gasteiger partial charge in [0.2, 0.25) is 0 Å². The predicted molar refractivity (Wildman–Crippen MR) is 116 cm³/mol. The van der Waals surface area contributed by atoms with E-state index in [9.17, 15) is 4.79 Å². The molecule has 0 unspecified atom stereocenters. The summed E-state index contributed by atoms with van der Waals surface area (Å²) in [6, 6.07) is 0.527. The first-order valence-electron chi connectivity index (χ1n) is 8.92. The second-order valence-corrected chi connectivity index (χ2v) is 6.84. The molecule has 0 saturated carbocycles. The Bertz CT molecular complexity index is 384. The highest BCUT2D eigenvalue weighted by molar-refractivity contribution is 14.0. The summed E-state index contributed by atoms with van der Waals surface area (Å²) in [6.45, 7) is 18.7. The zero-order chi connectivity index (χ0) is 18.6. The third-order valence-electron chi connectivity index (χ3n) is 3.22. The van der Waals surface area contributed by atoms with E-state index in [1.165, 1.54) is 0 Å². The van der Waals surface area contributed by atoms with Crippen molar-refractivity contribution < 1.29 is 9.53 Å². The van der Waals surface area contributed by atoms with Crippen molar-refractivity contribution >= 4 is 36.0 Å². The van der Waals surface area contributed by atoms with Gasteiger partial charge < -0.3 is 20.7 Å². The number of likely N-dealkylation sites (N-methyl/N-ethyl adjacent to an activating group) is 1. The Hall–Kier alpha value is -0.770. The standard InChI is InChI=1S/C17H37N5O2.HI/c1-8-18-15(20-12-13-22(9-2)14(3)4)19-10-11-21-16(23)24-17(5,6)7;/h14H,8-13H2,1-7H3,(H,21,23)(H2,18,19,20);1H. The SMILES string of the molecule is CCNC(=NCCN(CC)C(C)C)NCCNC(=O)OC(C)(C)C.I. The number of nitrogens with one attached hydrogen (secondary N) is 3. The molecule has 0 spiro atoms. The molecule has 25 heavy (non-hydrogen) atoms. The van der Waals surface area contributed by atoms with Crippen molar-refractivity contribution in [2.24, 2.45) is 4.99 Å². The molecule has 1 amide bonds. The molecule has 0 fully saturated rings. The third-order valence-corrected chi connectivity index (χ3v) is 3.22. The van der Waals surface area contributed by atoms with Crippen LogP contribution in [0.4, 0.5) is 4.79 Å². The van der Waals surface area contributed by atoms with Crippen molar-refractivity contribution in [3.05, 3.63) is 0 Å². The average molecular weight is 471 g/mol. The molecule has 0 heterocycles. The molecule has 0 aliphatic heterocycles. The molecule has 0 atom stereocenters. The largest absolute Gasteiger partial charge is 0.444 e. The van der Waals surface area contributed by atoms with Crippen molar-refractivity contribution in [2.45, 2.75) is 60.1 Å². The minimum absolute atomic E-state index is 0. The topological polar surface area (TPSA) is 78.0 Å². The lowest BCUT2D eigenvalue weighted by Crippen LogP contribution is -2.43. The normalized spacial score (nSPS) is 12.0. The lowest BCUT2D eigenvalue weighted by atomic mass is 10.2. The summed E-state index contributed by atoms with van der Waals surface area (Å²) in [7, 11) is 0. The maximum Gasteiger partial charge on any atom is 0.407 e. The Balaban J connectivity index is 0. The number of carbonyl (C=O) groups is 1. The van der Waals surface area contributed by atoms with E-state index in [1.807, 2.05) is 27.7 Å². The molecular weight excluding hydrogens is 433 g/mol. The van der Waals surface area contributed by atoms with Crippen LogP contribution in [0.15, 0.2) is 4.99 Å². The molecule has 0 aromatic heterocycles. The van der Waals surface area contributed by atoms with Gasteiger partial charge >= 0.3 is 6.09 Å². The highest BCUT2D eigenvalue weighted by Crippen LogP contribution is 2.05. The lowest BCUT2D eigenvalue weighted by molar-refractivity contribution is 0.0529. The molecule has 0 radical (unpaired) electrons. The molecular formula is C17H38IN5O2. The molecule has 0 aliphatic rings. The zero-order valence-corrected chi connectivity index (χ0v) is 19.3. The Morgan fingerprint density at radius 1 is 1.12 bits per heavy atom. The highest BCUT2D eigenvalue weighted by Gasteiger charge is 2.15. The van der Waals surface area contributed by atoms with Crippen LogP contribution in [0, 0.1) is 0 Å². The van der Waals surface area contributed by atoms with Crippen LogP contribution in [0.5, 0.6) is 0 Å². The first-order chi connectivity index (χ1) is 11.2. The Kier molecular flexibility index (Phi) is 15.2. The highest BCUT2D eigenvalue weighted by atomic mass is 127. The van der Waals surface area contributed by atoms with Gasteiger partial charge in [-0.3, -0.25) is 9.89 Å². The van der Waals surface area contributed by atoms with Gasteiger partial charge in [0.15, 0.2) is 5.96 Å². The van der Waals surface area contributed by atoms with Crippen LogP contribution in [0.2, 0.25) is 0 Å². The van der Waals surface area contributed by atoms with E-state index < -0.39 is 11.7 Å². The summed E-state index contributed by atoms with van der Waals surface area (Å²) in [4.78, 5) is 18.5. The van der Waals surface area contributed by atoms with Gasteiger partial charge in [0.25, 0.3) is 0 Å². The number of guanidine groups is 1. The van der Waals surface area contributed by atoms with Crippen LogP contribution >= 0.6 is 24.0 Å². The van der Waals surface area contributed by atoms with E-state index >= 15 is 0 Å². The number of rotatable bonds is 9. The van der Waals surface area contributed by atoms with E-state index in [-0.39, 0.29) is 24.0 Å². The molecule has 0 aromatic rings. The van der Waals surface area contributed by atoms with Crippen molar-refractivity contribution in [2.75, 3.05) is 39.3 Å². The predicted octanol–water partition coefficient (Wildman–Crippen LogP) is 2.41. The Morgan fingerprint density at radius 2 is 1.72 bits per heavy atom. The van der Waals surface area contributed by atoms with Crippen LogP contribution in [-0.2, 0) is 4.74 Å². The van der Waals surface area contributed by atoms with Crippen molar-refractivity contribution in [3.63, 3.8) is 0 Å². The maximum absolute atomic E-state index is 11.6. The summed E-state index contributed by atoms with van der Waals surface area (Å²) in [5.74, 6) is 0.767. The van der Waals surface area contributed by atoms with E-state index in [2.05, 4.69) is 46.6 Å². The van der Waals surface area contributed by atoms with Gasteiger partial charge in [-0.25, -0.2) is 4.79 Å². The van der Waals surface area contributed by atoms with Gasteiger partial charge in [0, 0.05) is 32.2 Å². The molecule has 7 nitrogen and oxygen atoms in total. The number of alkyl carbamates (subject to hydrolysis) is 1. The summed E-state index contributed by atoms with van der Waals surface area (Å²) < 4.78 is 5.19. The number of aliphatic imine (C=N–C) groups is 1. The van der Waals surface area contributed by atoms with Gasteiger partial charge in [-0.05, 0) is 48.1 Å². The molecule has 0 rings (SSSR count). The summed E-state index contributed by atoms with van der Waals surface area (Å²) >= 11 is 0. The monoisotopic (exact) mass is 471 g/mol. The van der Waals surface area contributed by atoms with Gasteiger partial charge in [-0.15, -0.1) is 24.0 Å². The lowest BCUT2D eigenvalue weighted by Gasteiger charge is -2.23. The zero-order valence-electron chi connectivity index (χ0n) is 16.9. The van der Waals surface area contributed by atoms with Crippen molar-refractivity contribution in [3.8, 4) is 0 Å². The molecule has 8 heteroatoms. The van der Waals surface area contributed by atoms with E-state index in [4.69, 9.17) is 4.74 Å². The fourth-order valence-electron chi connectivity index (χ4n) is 2.07. The second-order valence-electron chi connectivity index (χ2n) is 6.84. The fourth-order valence-corrected chi connectivity index (χ4v) is 2.07. The van der Waals surface area contributed by atoms with Crippen molar-refractivity contribution in [1.82, 2.24) is 20.9 Å². The number of carbonyl (C=O) groups excluding carboxylic acids is 1. The number of hydrogen-bond acceptors (Lipinski definition) is 4. The molecule has 150 valence electrons. The van der Waals surface area contributed by atoms with Gasteiger partial charge in [0.1, 0.15) is 5.60 Å². The minimum atomic E-state index is -0.477. The summed E-state index contributed by atoms with van der Waals surface area (Å²) in [6.07, 6.45) is -0.401. The Morgan fingerprint density at radius 3 is 2.20 bits per heavy atom. The molecule has 0 aromatic carbocycles. The number of ether oxygens (including phenoxy) is 1. The number of hydrogen-bond donors (Lipinski definition) is 3. The van der Waals surface area contributed by atoms with Crippen LogP contribution in [0.25, 0.3) is 0 Å². The fraction of sp³-hybridized carbons (Fsp3) is 0.882. The second kappa shape index (κ2) is 14.4. The maximum atomic E-state index is 11.6. The number of halogens is 1. The molecule has 0 saturated heterocycles. The van der Waals surface area contributed by atoms with Crippen molar-refractivity contribution in [1.29, 1.82) is 0 Å². The van der Waals surface area contributed by atoms with Gasteiger partial charge in [0.05, 0.1) is 6.54 Å². The quantitative estimate of drug-likeness (QED) is 0.208. The first-order valence-corrected chi connectivity index (χ1v) is 8.92. The Labute approximate surface area is 170 Å². The number of amides is 1. The van der Waals surface area contributed by atoms with E-state index in [0.29, 0.717) is 19.1 Å². The smallest absolute Gasteiger partial charge is 0.407 e. The van der Waals surface area contributed by atoms with Crippen LogP contribution in [-0.4, -0.2) is 67.9 Å². The molecule has 0 aliphatic carbocycles. The number of nitrogens with zero attached hydrogens (tertiary/aromatic N) is 2. The third kappa shape index (κ3) is 15.2. The summed E-state index contributed by atoms with van der Waals surface area (Å²) in [5.41, 5.74) is -0.477. The van der Waals surface area contributed by atoms with Crippen LogP contribution in [0.3, 0.4) is 0 Å². The van der Waals surface area contributed by atoms with Gasteiger partial charge in [-0.1, -0.05) is 6.92 Å². The van der Waals surface area contributed by atoms with Crippen LogP contribution < -0.4 is 16.0 Å².